The molecule has 0 aliphatic heterocycles. The van der Waals surface area contributed by atoms with Gasteiger partial charge in [0.15, 0.2) is 5.82 Å². The van der Waals surface area contributed by atoms with E-state index in [1.54, 1.807) is 0 Å². The van der Waals surface area contributed by atoms with E-state index in [1.807, 2.05) is 24.1 Å². The Morgan fingerprint density at radius 1 is 1.22 bits per heavy atom. The molecule has 5 heteroatoms. The van der Waals surface area contributed by atoms with Crippen LogP contribution in [0.5, 0.6) is 0 Å². The van der Waals surface area contributed by atoms with Crippen LogP contribution in [0.2, 0.25) is 5.02 Å². The summed E-state index contributed by atoms with van der Waals surface area (Å²) in [5.41, 5.74) is 7.97. The Balaban J connectivity index is 2.35. The summed E-state index contributed by atoms with van der Waals surface area (Å²) in [5, 5.41) is 0.375. The number of nitrogens with zero attached hydrogens (tertiary/aromatic N) is 3. The first-order valence-corrected chi connectivity index (χ1v) is 6.10. The molecule has 0 atom stereocenters. The molecule has 0 aliphatic carbocycles. The summed E-state index contributed by atoms with van der Waals surface area (Å²) in [4.78, 5) is 9.90. The van der Waals surface area contributed by atoms with Crippen LogP contribution in [0.15, 0.2) is 30.6 Å². The third kappa shape index (κ3) is 2.38. The van der Waals surface area contributed by atoms with Gasteiger partial charge in [0.25, 0.3) is 0 Å². The smallest absolute Gasteiger partial charge is 0.157 e. The fourth-order valence-electron chi connectivity index (χ4n) is 1.69. The van der Waals surface area contributed by atoms with Crippen molar-refractivity contribution < 1.29 is 0 Å². The molecule has 4 nitrogen and oxygen atoms in total. The SMILES string of the molecule is CCc1ccc(N(C)c2ncnc(N)c2Cl)cc1. The second-order valence-electron chi connectivity index (χ2n) is 3.98. The van der Waals surface area contributed by atoms with Crippen LogP contribution < -0.4 is 10.6 Å². The third-order valence-corrected chi connectivity index (χ3v) is 3.21. The van der Waals surface area contributed by atoms with Crippen molar-refractivity contribution in [2.75, 3.05) is 17.7 Å². The lowest BCUT2D eigenvalue weighted by molar-refractivity contribution is 1.08. The van der Waals surface area contributed by atoms with Gasteiger partial charge >= 0.3 is 0 Å². The molecule has 1 heterocycles. The topological polar surface area (TPSA) is 55.0 Å². The van der Waals surface area contributed by atoms with E-state index in [-0.39, 0.29) is 0 Å². The van der Waals surface area contributed by atoms with E-state index >= 15 is 0 Å². The highest BCUT2D eigenvalue weighted by Gasteiger charge is 2.12. The van der Waals surface area contributed by atoms with E-state index in [4.69, 9.17) is 17.3 Å². The lowest BCUT2D eigenvalue weighted by Gasteiger charge is -2.19. The monoisotopic (exact) mass is 262 g/mol. The van der Waals surface area contributed by atoms with E-state index in [0.29, 0.717) is 16.7 Å². The van der Waals surface area contributed by atoms with Gasteiger partial charge in [0, 0.05) is 12.7 Å². The fraction of sp³-hybridized carbons (Fsp3) is 0.231. The second kappa shape index (κ2) is 5.23. The maximum atomic E-state index is 6.10. The Labute approximate surface area is 111 Å². The van der Waals surface area contributed by atoms with Gasteiger partial charge in [0.2, 0.25) is 0 Å². The number of hydrogen-bond acceptors (Lipinski definition) is 4. The number of halogens is 1. The van der Waals surface area contributed by atoms with Crippen molar-refractivity contribution in [3.8, 4) is 0 Å². The molecule has 0 radical (unpaired) electrons. The van der Waals surface area contributed by atoms with E-state index in [0.717, 1.165) is 12.1 Å². The summed E-state index contributed by atoms with van der Waals surface area (Å²) in [6, 6.07) is 8.25. The molecule has 0 saturated heterocycles. The van der Waals surface area contributed by atoms with Gasteiger partial charge in [-0.05, 0) is 24.1 Å². The summed E-state index contributed by atoms with van der Waals surface area (Å²) in [6.07, 6.45) is 2.43. The van der Waals surface area contributed by atoms with Gasteiger partial charge in [0.05, 0.1) is 0 Å². The molecule has 2 rings (SSSR count). The van der Waals surface area contributed by atoms with Gasteiger partial charge in [0.1, 0.15) is 17.2 Å². The fourth-order valence-corrected chi connectivity index (χ4v) is 1.91. The standard InChI is InChI=1S/C13H15ClN4/c1-3-9-4-6-10(7-5-9)18(2)13-11(14)12(15)16-8-17-13/h4-8H,3H2,1-2H3,(H2,15,16,17). The number of nitrogen functional groups attached to an aromatic ring is 1. The summed E-state index contributed by atoms with van der Waals surface area (Å²) in [5.74, 6) is 0.895. The maximum absolute atomic E-state index is 6.10. The molecule has 0 fully saturated rings. The number of nitrogens with two attached hydrogens (primary N) is 1. The minimum absolute atomic E-state index is 0.290. The van der Waals surface area contributed by atoms with Crippen molar-refractivity contribution in [1.29, 1.82) is 0 Å². The minimum atomic E-state index is 0.290. The van der Waals surface area contributed by atoms with Crippen LogP contribution in [0.4, 0.5) is 17.3 Å². The van der Waals surface area contributed by atoms with Gasteiger partial charge < -0.3 is 10.6 Å². The van der Waals surface area contributed by atoms with Crippen LogP contribution in [0, 0.1) is 0 Å². The molecule has 1 aromatic heterocycles. The quantitative estimate of drug-likeness (QED) is 0.924. The Kier molecular flexibility index (Phi) is 3.67. The Morgan fingerprint density at radius 3 is 2.50 bits per heavy atom. The van der Waals surface area contributed by atoms with Gasteiger partial charge in [-0.3, -0.25) is 0 Å². The average molecular weight is 263 g/mol. The number of aromatic nitrogens is 2. The molecule has 0 aliphatic rings. The largest absolute Gasteiger partial charge is 0.382 e. The zero-order valence-electron chi connectivity index (χ0n) is 10.4. The van der Waals surface area contributed by atoms with Gasteiger partial charge in [-0.15, -0.1) is 0 Å². The Morgan fingerprint density at radius 2 is 1.89 bits per heavy atom. The molecular formula is C13H15ClN4. The maximum Gasteiger partial charge on any atom is 0.157 e. The van der Waals surface area contributed by atoms with Crippen LogP contribution in [0.1, 0.15) is 12.5 Å². The lowest BCUT2D eigenvalue weighted by atomic mass is 10.1. The first kappa shape index (κ1) is 12.6. The highest BCUT2D eigenvalue weighted by molar-refractivity contribution is 6.35. The highest BCUT2D eigenvalue weighted by Crippen LogP contribution is 2.30. The van der Waals surface area contributed by atoms with Crippen molar-refractivity contribution in [1.82, 2.24) is 9.97 Å². The number of aryl methyl sites for hydroxylation is 1. The van der Waals surface area contributed by atoms with Gasteiger partial charge in [-0.1, -0.05) is 30.7 Å². The normalized spacial score (nSPS) is 10.4. The number of rotatable bonds is 3. The molecule has 2 N–H and O–H groups in total. The van der Waals surface area contributed by atoms with E-state index in [9.17, 15) is 0 Å². The summed E-state index contributed by atoms with van der Waals surface area (Å²) in [7, 11) is 1.90. The van der Waals surface area contributed by atoms with Crippen LogP contribution >= 0.6 is 11.6 Å². The molecule has 0 saturated carbocycles. The predicted octanol–water partition coefficient (Wildman–Crippen LogP) is 3.04. The third-order valence-electron chi connectivity index (χ3n) is 2.85. The van der Waals surface area contributed by atoms with E-state index in [2.05, 4.69) is 29.0 Å². The van der Waals surface area contributed by atoms with Gasteiger partial charge in [-0.2, -0.15) is 0 Å². The Hall–Kier alpha value is -1.81. The van der Waals surface area contributed by atoms with Crippen molar-refractivity contribution in [3.63, 3.8) is 0 Å². The van der Waals surface area contributed by atoms with Crippen LogP contribution in [0.3, 0.4) is 0 Å². The lowest BCUT2D eigenvalue weighted by Crippen LogP contribution is -2.13. The molecule has 94 valence electrons. The molecule has 1 aromatic carbocycles. The average Bonchev–Trinajstić information content (AvgIpc) is 2.41. The van der Waals surface area contributed by atoms with E-state index < -0.39 is 0 Å². The van der Waals surface area contributed by atoms with Gasteiger partial charge in [-0.25, -0.2) is 9.97 Å². The molecule has 0 unspecified atom stereocenters. The number of anilines is 3. The minimum Gasteiger partial charge on any atom is -0.382 e. The van der Waals surface area contributed by atoms with Crippen LogP contribution in [-0.2, 0) is 6.42 Å². The van der Waals surface area contributed by atoms with Crippen LogP contribution in [0.25, 0.3) is 0 Å². The molecule has 0 bridgehead atoms. The molecular weight excluding hydrogens is 248 g/mol. The van der Waals surface area contributed by atoms with Crippen molar-refractivity contribution >= 4 is 28.9 Å². The first-order valence-electron chi connectivity index (χ1n) is 5.72. The summed E-state index contributed by atoms with van der Waals surface area (Å²) >= 11 is 6.10. The molecule has 2 aromatic rings. The van der Waals surface area contributed by atoms with Crippen molar-refractivity contribution in [3.05, 3.63) is 41.2 Å². The zero-order valence-corrected chi connectivity index (χ0v) is 11.1. The second-order valence-corrected chi connectivity index (χ2v) is 4.35. The number of hydrogen-bond donors (Lipinski definition) is 1. The Bertz CT molecular complexity index is 539. The number of benzene rings is 1. The summed E-state index contributed by atoms with van der Waals surface area (Å²) < 4.78 is 0. The molecule has 0 amide bonds. The van der Waals surface area contributed by atoms with E-state index in [1.165, 1.54) is 11.9 Å². The summed E-state index contributed by atoms with van der Waals surface area (Å²) in [6.45, 7) is 2.13. The molecule has 18 heavy (non-hydrogen) atoms. The first-order chi connectivity index (χ1) is 8.63. The predicted molar refractivity (Wildman–Crippen MR) is 75.3 cm³/mol. The molecule has 0 spiro atoms. The highest BCUT2D eigenvalue weighted by atomic mass is 35.5. The van der Waals surface area contributed by atoms with Crippen molar-refractivity contribution in [2.45, 2.75) is 13.3 Å². The zero-order chi connectivity index (χ0) is 13.1. The van der Waals surface area contributed by atoms with Crippen molar-refractivity contribution in [2.24, 2.45) is 0 Å². The van der Waals surface area contributed by atoms with Crippen LogP contribution in [-0.4, -0.2) is 17.0 Å².